The lowest BCUT2D eigenvalue weighted by molar-refractivity contribution is -0.167. The number of thiazole rings is 3. The van der Waals surface area contributed by atoms with Gasteiger partial charge in [0.05, 0.1) is 120 Å². The van der Waals surface area contributed by atoms with Crippen LogP contribution in [0.25, 0.3) is 107 Å². The van der Waals surface area contributed by atoms with Crippen LogP contribution < -0.4 is 5.46 Å². The van der Waals surface area contributed by atoms with Crippen LogP contribution in [0.1, 0.15) is 162 Å². The van der Waals surface area contributed by atoms with E-state index in [4.69, 9.17) is 106 Å². The van der Waals surface area contributed by atoms with Gasteiger partial charge in [-0.3, -0.25) is 9.67 Å². The highest BCUT2D eigenvalue weighted by molar-refractivity contribution is 9.11. The highest BCUT2D eigenvalue weighted by Crippen LogP contribution is 2.50. The van der Waals surface area contributed by atoms with E-state index in [2.05, 4.69) is 41.0 Å². The summed E-state index contributed by atoms with van der Waals surface area (Å²) in [4.78, 5) is 65.7. The Hall–Kier alpha value is -8.88. The highest BCUT2D eigenvalue weighted by Gasteiger charge is 2.53. The van der Waals surface area contributed by atoms with Crippen LogP contribution in [0.3, 0.4) is 0 Å². The minimum atomic E-state index is -1.00. The fourth-order valence-corrected chi connectivity index (χ4v) is 18.7. The quantitative estimate of drug-likeness (QED) is 0.0318. The first-order valence-corrected chi connectivity index (χ1v) is 45.7. The van der Waals surface area contributed by atoms with Crippen molar-refractivity contribution >= 4 is 180 Å². The average Bonchev–Trinajstić information content (AvgIpc) is 1.67. The Balaban J connectivity index is 0.000000161. The summed E-state index contributed by atoms with van der Waals surface area (Å²) >= 11 is 38.0. The van der Waals surface area contributed by atoms with Crippen molar-refractivity contribution < 1.29 is 65.3 Å². The van der Waals surface area contributed by atoms with E-state index in [0.29, 0.717) is 58.5 Å². The van der Waals surface area contributed by atoms with Gasteiger partial charge in [-0.25, -0.2) is 52.5 Å². The van der Waals surface area contributed by atoms with E-state index in [0.717, 1.165) is 108 Å². The molecule has 15 rings (SSSR count). The van der Waals surface area contributed by atoms with Crippen molar-refractivity contribution in [3.63, 3.8) is 0 Å². The smallest absolute Gasteiger partial charge is 0.464 e. The molecule has 3 atom stereocenters. The number of pyridine rings is 3. The molecule has 0 saturated carbocycles. The summed E-state index contributed by atoms with van der Waals surface area (Å²) in [6, 6.07) is 38.6. The van der Waals surface area contributed by atoms with Gasteiger partial charge in [0.1, 0.15) is 26.1 Å². The zero-order valence-electron chi connectivity index (χ0n) is 73.6. The van der Waals surface area contributed by atoms with Crippen LogP contribution in [-0.2, 0) is 59.2 Å². The molecule has 127 heavy (non-hydrogen) atoms. The molecule has 0 radical (unpaired) electrons. The molecule has 0 spiro atoms. The summed E-state index contributed by atoms with van der Waals surface area (Å²) in [5.74, 6) is -2.85. The molecule has 0 amide bonds. The molecule has 0 N–H and O–H groups in total. The largest absolute Gasteiger partial charge is 0.498 e. The molecule has 32 heteroatoms. The molecule has 19 nitrogen and oxygen atoms in total. The van der Waals surface area contributed by atoms with Crippen LogP contribution in [0, 0.1) is 38.2 Å². The Kier molecular flexibility index (Phi) is 30.5. The van der Waals surface area contributed by atoms with Crippen molar-refractivity contribution in [1.29, 1.82) is 0 Å². The molecule has 1 fully saturated rings. The predicted octanol–water partition coefficient (Wildman–Crippen LogP) is 26.6. The SMILES string of the molecule is CC1(C)OB(c2cc(Cl)ncc2F)OC1(C)C.CCOC(=O)[C@@H](OC(C)(C)C)c1c(C)cc2nc(-c3cc(-c4ccc5c(cnn5C)c4)ncc3F)sc2c1-c1ccc(Cl)cc1.CCOC(=O)[C@@H](OC(C)(C)C)c1c(C)cc2nc(-c3cc(Cl)ncc3F)sc2c1-c1ccc(Cl)cc1.CCOC(=O)[C@@H](OC(C)(C)C)c1c(C)cc2nc(Br)sc2c1-c1ccc(Cl)cc1. The van der Waals surface area contributed by atoms with Crippen molar-refractivity contribution in [2.75, 3.05) is 19.8 Å². The Morgan fingerprint density at radius 3 is 1.22 bits per heavy atom. The molecular weight excluding hydrogens is 1850 g/mol. The number of ether oxygens (including phenoxy) is 6. The number of aromatic nitrogens is 8. The van der Waals surface area contributed by atoms with Crippen LogP contribution in [0.4, 0.5) is 13.2 Å². The van der Waals surface area contributed by atoms with Gasteiger partial charge in [0, 0.05) is 77.5 Å². The zero-order chi connectivity index (χ0) is 92.4. The van der Waals surface area contributed by atoms with Crippen molar-refractivity contribution in [2.45, 2.75) is 178 Å². The van der Waals surface area contributed by atoms with Crippen LogP contribution >= 0.6 is 108 Å². The van der Waals surface area contributed by atoms with Gasteiger partial charge in [-0.15, -0.1) is 34.0 Å². The first-order valence-electron chi connectivity index (χ1n) is 40.6. The first-order chi connectivity index (χ1) is 59.7. The molecule has 1 aliphatic heterocycles. The number of hydrogen-bond acceptors (Lipinski definition) is 21. The topological polar surface area (TPSA) is 220 Å². The van der Waals surface area contributed by atoms with Crippen LogP contribution in [0.5, 0.6) is 0 Å². The maximum Gasteiger partial charge on any atom is 0.498 e. The van der Waals surface area contributed by atoms with Crippen molar-refractivity contribution in [3.8, 4) is 65.8 Å². The third-order valence-corrected chi connectivity index (χ3v) is 25.4. The number of hydrogen-bond donors (Lipinski definition) is 0. The minimum Gasteiger partial charge on any atom is -0.464 e. The summed E-state index contributed by atoms with van der Waals surface area (Å²) in [6.45, 7) is 36.6. The van der Waals surface area contributed by atoms with E-state index in [1.54, 1.807) is 62.0 Å². The van der Waals surface area contributed by atoms with Gasteiger partial charge in [-0.1, -0.05) is 100 Å². The Labute approximate surface area is 781 Å². The fourth-order valence-electron chi connectivity index (χ4n) is 14.2. The third-order valence-electron chi connectivity index (χ3n) is 20.4. The second-order valence-corrected chi connectivity index (χ2v) is 40.2. The van der Waals surface area contributed by atoms with E-state index in [9.17, 15) is 23.2 Å². The zero-order valence-corrected chi connectivity index (χ0v) is 81.4. The second-order valence-electron chi connectivity index (χ2n) is 33.8. The predicted molar refractivity (Wildman–Crippen MR) is 509 cm³/mol. The number of aryl methyl sites for hydroxylation is 4. The second kappa shape index (κ2) is 39.8. The molecule has 664 valence electrons. The highest BCUT2D eigenvalue weighted by atomic mass is 79.9. The number of rotatable bonds is 19. The summed E-state index contributed by atoms with van der Waals surface area (Å²) < 4.78 is 95.6. The molecule has 7 aromatic heterocycles. The van der Waals surface area contributed by atoms with Gasteiger partial charge in [-0.2, -0.15) is 5.10 Å². The standard InChI is InChI=1S/C35H32ClFN4O3S.C27H25Cl2FN2O3S.C22H23BrClNO3S.C11H14BClFNO2/c1-7-43-34(42)31(44-35(3,4)5)29-19(2)14-27-32(30(29)20-8-11-23(36)12-9-20)45-33(40-27)24-16-26(38-18-25(24)37)21-10-13-28-22(15-21)17-39-41(28)6;1-6-34-26(33)23(35-27(3,4)5)21-14(2)11-19-24(22(21)15-7-9-16(28)10-8-15)36-25(32-19)17-12-20(29)31-13-18(17)30;1-6-27-20(26)18(28-22(3,4)5)16-12(2)11-15-19(29-21(23)25-15)17(16)13-7-9-14(24)10-8-13;1-10(2)11(3,4)17-12(16-10)7-5-9(13)15-6-8(7)14/h8-18,31H,7H2,1-6H3;7-13,23H,6H2,1-5H3;7-11,18H,6H2,1-5H3;5-6H,1-4H3/t31-;23-;18-;/m000./s1. The Morgan fingerprint density at radius 2 is 0.827 bits per heavy atom. The average molecular weight is 1950 g/mol. The van der Waals surface area contributed by atoms with Crippen molar-refractivity contribution in [2.24, 2.45) is 7.05 Å². The molecule has 8 heterocycles. The minimum absolute atomic E-state index is 0.168. The van der Waals surface area contributed by atoms with Gasteiger partial charge in [0.15, 0.2) is 33.9 Å². The normalized spacial score (nSPS) is 13.9. The Morgan fingerprint density at radius 1 is 0.472 bits per heavy atom. The maximum absolute atomic E-state index is 15.5. The van der Waals surface area contributed by atoms with E-state index in [-0.39, 0.29) is 41.2 Å². The van der Waals surface area contributed by atoms with E-state index < -0.39 is 88.8 Å². The van der Waals surface area contributed by atoms with Gasteiger partial charge < -0.3 is 37.7 Å². The van der Waals surface area contributed by atoms with Gasteiger partial charge in [0.25, 0.3) is 0 Å². The summed E-state index contributed by atoms with van der Waals surface area (Å²) in [6.07, 6.45) is 2.33. The number of nitrogens with zero attached hydrogens (tertiary/aromatic N) is 8. The lowest BCUT2D eigenvalue weighted by Gasteiger charge is -2.32. The molecule has 0 unspecified atom stereocenters. The van der Waals surface area contributed by atoms with Gasteiger partial charge >= 0.3 is 25.0 Å². The van der Waals surface area contributed by atoms with Gasteiger partial charge in [0.2, 0.25) is 0 Å². The number of carbonyl (C=O) groups is 3. The van der Waals surface area contributed by atoms with Crippen LogP contribution in [0.2, 0.25) is 25.4 Å². The molecule has 1 saturated heterocycles. The molecule has 7 aromatic carbocycles. The number of benzene rings is 7. The lowest BCUT2D eigenvalue weighted by atomic mass is 9.79. The summed E-state index contributed by atoms with van der Waals surface area (Å²) in [5.41, 5.74) is 12.4. The third kappa shape index (κ3) is 22.8. The van der Waals surface area contributed by atoms with E-state index >= 15 is 4.39 Å². The summed E-state index contributed by atoms with van der Waals surface area (Å²) in [5, 5.41) is 8.42. The van der Waals surface area contributed by atoms with E-state index in [1.807, 2.05) is 203 Å². The monoisotopic (exact) mass is 1940 g/mol. The van der Waals surface area contributed by atoms with Gasteiger partial charge in [-0.05, 0) is 266 Å². The molecule has 14 aromatic rings. The number of fused-ring (bicyclic) bond motifs is 4. The molecule has 1 aliphatic rings. The number of halogens is 9. The van der Waals surface area contributed by atoms with Crippen molar-refractivity contribution in [3.05, 3.63) is 232 Å². The van der Waals surface area contributed by atoms with Crippen molar-refractivity contribution in [1.82, 2.24) is 39.7 Å². The maximum atomic E-state index is 15.5. The molecule has 0 aliphatic carbocycles. The molecule has 0 bridgehead atoms. The number of carbonyl (C=O) groups excluding carboxylic acids is 3. The van der Waals surface area contributed by atoms with Crippen LogP contribution in [0.15, 0.2) is 156 Å². The molecular formula is C95H94BBrCl5F3N8O11S3. The Bertz CT molecular complexity index is 6430. The summed E-state index contributed by atoms with van der Waals surface area (Å²) in [7, 11) is 1.14. The number of esters is 3. The lowest BCUT2D eigenvalue weighted by Crippen LogP contribution is -2.41. The van der Waals surface area contributed by atoms with E-state index in [1.165, 1.54) is 52.3 Å². The van der Waals surface area contributed by atoms with Crippen LogP contribution in [-0.4, -0.2) is 113 Å². The first kappa shape index (κ1) is 97.2. The fraction of sp³-hybridized carbons (Fsp3) is 0.326.